The molecule has 1 aliphatic heterocycles. The zero-order valence-electron chi connectivity index (χ0n) is 12.6. The molecule has 1 aromatic carbocycles. The third kappa shape index (κ3) is 2.86. The van der Waals surface area contributed by atoms with Crippen LogP contribution in [0.15, 0.2) is 58.4 Å². The predicted molar refractivity (Wildman–Crippen MR) is 96.0 cm³/mol. The van der Waals surface area contributed by atoms with Crippen molar-refractivity contribution in [2.45, 2.75) is 6.67 Å². The van der Waals surface area contributed by atoms with E-state index in [0.29, 0.717) is 22.9 Å². The first-order valence-electron chi connectivity index (χ1n) is 7.38. The molecule has 4 rings (SSSR count). The van der Waals surface area contributed by atoms with Crippen molar-refractivity contribution in [3.05, 3.63) is 79.1 Å². The summed E-state index contributed by atoms with van der Waals surface area (Å²) in [6, 6.07) is 13.2. The summed E-state index contributed by atoms with van der Waals surface area (Å²) in [6.07, 6.45) is 3.52. The number of fused-ring (bicyclic) bond motifs is 1. The Morgan fingerprint density at radius 2 is 2.00 bits per heavy atom. The Balaban J connectivity index is 1.71. The van der Waals surface area contributed by atoms with Crippen LogP contribution in [-0.4, -0.2) is 16.2 Å². The first-order valence-corrected chi connectivity index (χ1v) is 8.57. The van der Waals surface area contributed by atoms with Gasteiger partial charge in [0.15, 0.2) is 4.80 Å². The van der Waals surface area contributed by atoms with Gasteiger partial charge in [-0.1, -0.05) is 29.0 Å². The number of anilines is 1. The largest absolute Gasteiger partial charge is 0.334 e. The number of halogens is 1. The zero-order chi connectivity index (χ0) is 16.5. The Hall–Kier alpha value is -2.44. The molecule has 0 aliphatic carbocycles. The molecular formula is C17H13ClN4OS. The second-order valence-electron chi connectivity index (χ2n) is 5.34. The van der Waals surface area contributed by atoms with Crippen molar-refractivity contribution < 1.29 is 0 Å². The second-order valence-corrected chi connectivity index (χ2v) is 6.78. The Bertz CT molecular complexity index is 1040. The van der Waals surface area contributed by atoms with Gasteiger partial charge in [0.05, 0.1) is 10.2 Å². The van der Waals surface area contributed by atoms with Crippen molar-refractivity contribution in [1.29, 1.82) is 0 Å². The standard InChI is InChI=1S/C17H13ClN4OS/c18-12-4-6-14(7-5-12)21-10-20-17-22(11-21)16(23)15(24-17)9-13-3-1-2-8-19-13/h1-9H,10-11H2/b15-9-. The summed E-state index contributed by atoms with van der Waals surface area (Å²) in [5, 5.41) is 0.688. The lowest BCUT2D eigenvalue weighted by molar-refractivity contribution is 0.569. The normalized spacial score (nSPS) is 14.4. The highest BCUT2D eigenvalue weighted by molar-refractivity contribution is 7.07. The van der Waals surface area contributed by atoms with Crippen LogP contribution in [0.3, 0.4) is 0 Å². The van der Waals surface area contributed by atoms with E-state index in [0.717, 1.165) is 16.2 Å². The first-order chi connectivity index (χ1) is 11.7. The van der Waals surface area contributed by atoms with Gasteiger partial charge in [-0.2, -0.15) is 0 Å². The molecule has 0 bridgehead atoms. The topological polar surface area (TPSA) is 50.5 Å². The fourth-order valence-electron chi connectivity index (χ4n) is 2.52. The van der Waals surface area contributed by atoms with Gasteiger partial charge >= 0.3 is 0 Å². The van der Waals surface area contributed by atoms with E-state index < -0.39 is 0 Å². The molecule has 0 amide bonds. The van der Waals surface area contributed by atoms with Crippen LogP contribution in [0.2, 0.25) is 5.02 Å². The summed E-state index contributed by atoms with van der Waals surface area (Å²) in [4.78, 5) is 24.2. The van der Waals surface area contributed by atoms with E-state index in [1.54, 1.807) is 16.8 Å². The SMILES string of the molecule is O=c1/c(=C/c2ccccn2)sc2n1CN(c1ccc(Cl)cc1)CN=2. The molecule has 0 atom stereocenters. The Kier molecular flexibility index (Phi) is 3.92. The molecule has 120 valence electrons. The van der Waals surface area contributed by atoms with Gasteiger partial charge in [0.1, 0.15) is 13.3 Å². The van der Waals surface area contributed by atoms with Gasteiger partial charge in [-0.15, -0.1) is 0 Å². The van der Waals surface area contributed by atoms with Crippen LogP contribution in [0.5, 0.6) is 0 Å². The molecule has 0 spiro atoms. The molecule has 7 heteroatoms. The number of hydrogen-bond donors (Lipinski definition) is 0. The second kappa shape index (κ2) is 6.22. The van der Waals surface area contributed by atoms with Gasteiger partial charge < -0.3 is 4.90 Å². The van der Waals surface area contributed by atoms with Crippen molar-refractivity contribution in [3.63, 3.8) is 0 Å². The van der Waals surface area contributed by atoms with Crippen LogP contribution in [0, 0.1) is 0 Å². The average Bonchev–Trinajstić information content (AvgIpc) is 2.92. The molecule has 3 heterocycles. The average molecular weight is 357 g/mol. The van der Waals surface area contributed by atoms with Crippen LogP contribution in [0.4, 0.5) is 5.69 Å². The number of aromatic nitrogens is 2. The monoisotopic (exact) mass is 356 g/mol. The van der Waals surface area contributed by atoms with Gasteiger partial charge in [-0.05, 0) is 42.5 Å². The van der Waals surface area contributed by atoms with Gasteiger partial charge in [0.25, 0.3) is 5.56 Å². The van der Waals surface area contributed by atoms with E-state index in [1.165, 1.54) is 11.3 Å². The summed E-state index contributed by atoms with van der Waals surface area (Å²) >= 11 is 7.33. The first kappa shape index (κ1) is 15.1. The molecule has 0 saturated heterocycles. The van der Waals surface area contributed by atoms with E-state index >= 15 is 0 Å². The van der Waals surface area contributed by atoms with Crippen LogP contribution in [0.1, 0.15) is 5.69 Å². The van der Waals surface area contributed by atoms with Crippen LogP contribution in [0.25, 0.3) is 6.08 Å². The third-order valence-electron chi connectivity index (χ3n) is 3.74. The summed E-state index contributed by atoms with van der Waals surface area (Å²) in [6.45, 7) is 0.996. The van der Waals surface area contributed by atoms with Crippen molar-refractivity contribution in [1.82, 2.24) is 9.55 Å². The van der Waals surface area contributed by atoms with Crippen molar-refractivity contribution in [3.8, 4) is 0 Å². The quantitative estimate of drug-likeness (QED) is 0.704. The van der Waals surface area contributed by atoms with Gasteiger partial charge in [0.2, 0.25) is 0 Å². The number of pyridine rings is 1. The molecule has 3 aromatic rings. The van der Waals surface area contributed by atoms with Gasteiger partial charge in [-0.25, -0.2) is 4.99 Å². The lowest BCUT2D eigenvalue weighted by Crippen LogP contribution is -2.42. The van der Waals surface area contributed by atoms with Gasteiger partial charge in [0, 0.05) is 16.9 Å². The molecule has 0 radical (unpaired) electrons. The van der Waals surface area contributed by atoms with Crippen LogP contribution < -0.4 is 19.8 Å². The number of benzene rings is 1. The summed E-state index contributed by atoms with van der Waals surface area (Å²) < 4.78 is 2.34. The third-order valence-corrected chi connectivity index (χ3v) is 5.03. The highest BCUT2D eigenvalue weighted by Crippen LogP contribution is 2.18. The minimum atomic E-state index is -0.0388. The number of nitrogens with zero attached hydrogens (tertiary/aromatic N) is 4. The summed E-state index contributed by atoms with van der Waals surface area (Å²) in [5.74, 6) is 0. The van der Waals surface area contributed by atoms with Crippen LogP contribution >= 0.6 is 22.9 Å². The Morgan fingerprint density at radius 3 is 2.75 bits per heavy atom. The molecule has 0 N–H and O–H groups in total. The molecule has 24 heavy (non-hydrogen) atoms. The molecule has 0 fully saturated rings. The van der Waals surface area contributed by atoms with E-state index in [9.17, 15) is 4.79 Å². The minimum Gasteiger partial charge on any atom is -0.334 e. The Morgan fingerprint density at radius 1 is 1.17 bits per heavy atom. The molecule has 0 unspecified atom stereocenters. The number of thiazole rings is 1. The van der Waals surface area contributed by atoms with Gasteiger partial charge in [-0.3, -0.25) is 14.3 Å². The molecule has 1 aliphatic rings. The predicted octanol–water partition coefficient (Wildman–Crippen LogP) is 1.84. The van der Waals surface area contributed by atoms with Crippen LogP contribution in [-0.2, 0) is 6.67 Å². The molecule has 5 nitrogen and oxygen atoms in total. The maximum Gasteiger partial charge on any atom is 0.271 e. The Labute approximate surface area is 146 Å². The molecule has 0 saturated carbocycles. The van der Waals surface area contributed by atoms with Crippen molar-refractivity contribution in [2.75, 3.05) is 11.6 Å². The fourth-order valence-corrected chi connectivity index (χ4v) is 3.60. The molecular weight excluding hydrogens is 344 g/mol. The highest BCUT2D eigenvalue weighted by Gasteiger charge is 2.15. The van der Waals surface area contributed by atoms with E-state index in [2.05, 4.69) is 9.98 Å². The molecule has 2 aromatic heterocycles. The number of rotatable bonds is 2. The fraction of sp³-hybridized carbons (Fsp3) is 0.118. The van der Waals surface area contributed by atoms with E-state index in [1.807, 2.05) is 47.4 Å². The maximum absolute atomic E-state index is 12.7. The van der Waals surface area contributed by atoms with Crippen molar-refractivity contribution in [2.24, 2.45) is 4.99 Å². The lowest BCUT2D eigenvalue weighted by Gasteiger charge is -2.25. The smallest absolute Gasteiger partial charge is 0.271 e. The number of hydrogen-bond acceptors (Lipinski definition) is 5. The van der Waals surface area contributed by atoms with E-state index in [4.69, 9.17) is 11.6 Å². The van der Waals surface area contributed by atoms with Crippen molar-refractivity contribution >= 4 is 34.7 Å². The maximum atomic E-state index is 12.7. The zero-order valence-corrected chi connectivity index (χ0v) is 14.2. The highest BCUT2D eigenvalue weighted by atomic mass is 35.5. The van der Waals surface area contributed by atoms with E-state index in [-0.39, 0.29) is 5.56 Å². The lowest BCUT2D eigenvalue weighted by atomic mass is 10.3. The summed E-state index contributed by atoms with van der Waals surface area (Å²) in [5.41, 5.74) is 1.72. The minimum absolute atomic E-state index is 0.0388. The summed E-state index contributed by atoms with van der Waals surface area (Å²) in [7, 11) is 0.